The quantitative estimate of drug-likeness (QED) is 0.808. The first-order chi connectivity index (χ1) is 11.1. The number of nitrogens with zero attached hydrogens (tertiary/aromatic N) is 3. The molecule has 0 unspecified atom stereocenters. The van der Waals surface area contributed by atoms with Crippen LogP contribution in [0.3, 0.4) is 0 Å². The molecule has 2 aliphatic rings. The van der Waals surface area contributed by atoms with Gasteiger partial charge in [0.15, 0.2) is 0 Å². The van der Waals surface area contributed by atoms with Crippen molar-refractivity contribution < 1.29 is 14.3 Å². The van der Waals surface area contributed by atoms with Gasteiger partial charge in [-0.1, -0.05) is 0 Å². The fourth-order valence-corrected chi connectivity index (χ4v) is 3.23. The highest BCUT2D eigenvalue weighted by Crippen LogP contribution is 2.35. The van der Waals surface area contributed by atoms with Crippen molar-refractivity contribution in [2.75, 3.05) is 40.3 Å². The molecule has 2 saturated heterocycles. The second kappa shape index (κ2) is 6.95. The molecule has 6 heteroatoms. The van der Waals surface area contributed by atoms with Gasteiger partial charge in [-0.3, -0.25) is 9.78 Å². The van der Waals surface area contributed by atoms with Gasteiger partial charge in [0.2, 0.25) is 5.91 Å². The molecular weight excluding hydrogens is 294 g/mol. The normalized spacial score (nSPS) is 23.1. The van der Waals surface area contributed by atoms with Gasteiger partial charge in [0.25, 0.3) is 0 Å². The summed E-state index contributed by atoms with van der Waals surface area (Å²) in [5.41, 5.74) is 0.945. The number of pyridine rings is 1. The number of hydrogen-bond acceptors (Lipinski definition) is 5. The molecule has 23 heavy (non-hydrogen) atoms. The highest BCUT2D eigenvalue weighted by atomic mass is 16.5. The van der Waals surface area contributed by atoms with Gasteiger partial charge in [0, 0.05) is 25.4 Å². The second-order valence-corrected chi connectivity index (χ2v) is 6.80. The first-order valence-electron chi connectivity index (χ1n) is 8.13. The predicted octanol–water partition coefficient (Wildman–Crippen LogP) is 0.920. The summed E-state index contributed by atoms with van der Waals surface area (Å²) < 4.78 is 12.0. The van der Waals surface area contributed by atoms with E-state index in [0.29, 0.717) is 32.8 Å². The van der Waals surface area contributed by atoms with Gasteiger partial charge >= 0.3 is 0 Å². The Kier molecular flexibility index (Phi) is 4.94. The molecule has 3 heterocycles. The van der Waals surface area contributed by atoms with E-state index in [9.17, 15) is 4.79 Å². The standard InChI is InChI=1S/C17H25N3O3/c1-19(2)10-16(21)20-12-17(13-20)9-15(5-8-23-17)22-11-14-3-6-18-7-4-14/h3-4,6-7,15H,5,8-13H2,1-2H3/t15-/m1/s1. The maximum Gasteiger partial charge on any atom is 0.236 e. The number of carbonyl (C=O) groups excluding carboxylic acids is 1. The summed E-state index contributed by atoms with van der Waals surface area (Å²) in [6.07, 6.45) is 5.54. The summed E-state index contributed by atoms with van der Waals surface area (Å²) in [4.78, 5) is 19.8. The number of likely N-dealkylation sites (tertiary alicyclic amines) is 1. The summed E-state index contributed by atoms with van der Waals surface area (Å²) in [5, 5.41) is 0. The number of carbonyl (C=O) groups is 1. The second-order valence-electron chi connectivity index (χ2n) is 6.80. The van der Waals surface area contributed by atoms with E-state index in [-0.39, 0.29) is 17.6 Å². The van der Waals surface area contributed by atoms with Crippen LogP contribution in [0.1, 0.15) is 18.4 Å². The average molecular weight is 319 g/mol. The van der Waals surface area contributed by atoms with Crippen LogP contribution in [-0.2, 0) is 20.9 Å². The molecule has 2 fully saturated rings. The minimum absolute atomic E-state index is 0.170. The molecule has 0 saturated carbocycles. The molecule has 126 valence electrons. The van der Waals surface area contributed by atoms with Gasteiger partial charge in [0.1, 0.15) is 5.60 Å². The Bertz CT molecular complexity index is 529. The molecule has 1 spiro atoms. The van der Waals surface area contributed by atoms with Crippen LogP contribution in [0.15, 0.2) is 24.5 Å². The lowest BCUT2D eigenvalue weighted by Gasteiger charge is -2.53. The van der Waals surface area contributed by atoms with Gasteiger partial charge in [0.05, 0.1) is 32.3 Å². The Balaban J connectivity index is 1.47. The molecule has 2 aliphatic heterocycles. The third kappa shape index (κ3) is 4.07. The summed E-state index contributed by atoms with van der Waals surface area (Å²) in [6.45, 7) is 3.14. The monoisotopic (exact) mass is 319 g/mol. The van der Waals surface area contributed by atoms with Crippen molar-refractivity contribution in [1.29, 1.82) is 0 Å². The lowest BCUT2D eigenvalue weighted by Crippen LogP contribution is -2.68. The fourth-order valence-electron chi connectivity index (χ4n) is 3.23. The van der Waals surface area contributed by atoms with Crippen LogP contribution in [0.2, 0.25) is 0 Å². The zero-order valence-corrected chi connectivity index (χ0v) is 13.9. The van der Waals surface area contributed by atoms with Gasteiger partial charge < -0.3 is 19.3 Å². The molecule has 1 aromatic rings. The zero-order chi connectivity index (χ0) is 16.3. The Morgan fingerprint density at radius 1 is 1.43 bits per heavy atom. The molecule has 1 atom stereocenters. The van der Waals surface area contributed by atoms with Crippen molar-refractivity contribution in [2.45, 2.75) is 31.2 Å². The summed E-state index contributed by atoms with van der Waals surface area (Å²) in [7, 11) is 3.82. The predicted molar refractivity (Wildman–Crippen MR) is 85.9 cm³/mol. The van der Waals surface area contributed by atoms with E-state index in [1.165, 1.54) is 0 Å². The van der Waals surface area contributed by atoms with Crippen molar-refractivity contribution in [2.24, 2.45) is 0 Å². The number of hydrogen-bond donors (Lipinski definition) is 0. The molecule has 3 rings (SSSR count). The van der Waals surface area contributed by atoms with Gasteiger partial charge in [-0.2, -0.15) is 0 Å². The largest absolute Gasteiger partial charge is 0.373 e. The molecule has 0 aliphatic carbocycles. The van der Waals surface area contributed by atoms with E-state index < -0.39 is 0 Å². The maximum absolute atomic E-state index is 12.0. The van der Waals surface area contributed by atoms with Gasteiger partial charge in [-0.05, 0) is 38.2 Å². The van der Waals surface area contributed by atoms with Crippen molar-refractivity contribution >= 4 is 5.91 Å². The van der Waals surface area contributed by atoms with Crippen molar-refractivity contribution in [3.63, 3.8) is 0 Å². The topological polar surface area (TPSA) is 54.9 Å². The van der Waals surface area contributed by atoms with Gasteiger partial charge in [-0.25, -0.2) is 0 Å². The fraction of sp³-hybridized carbons (Fsp3) is 0.647. The zero-order valence-electron chi connectivity index (χ0n) is 13.9. The van der Waals surface area contributed by atoms with Crippen LogP contribution in [0.4, 0.5) is 0 Å². The van der Waals surface area contributed by atoms with Crippen LogP contribution >= 0.6 is 0 Å². The molecule has 0 N–H and O–H groups in total. The van der Waals surface area contributed by atoms with E-state index in [1.54, 1.807) is 12.4 Å². The molecule has 1 amide bonds. The summed E-state index contributed by atoms with van der Waals surface area (Å²) in [5.74, 6) is 0.170. The van der Waals surface area contributed by atoms with Crippen LogP contribution in [0, 0.1) is 0 Å². The van der Waals surface area contributed by atoms with Crippen LogP contribution in [0.25, 0.3) is 0 Å². The van der Waals surface area contributed by atoms with E-state index in [2.05, 4.69) is 4.98 Å². The van der Waals surface area contributed by atoms with Crippen LogP contribution < -0.4 is 0 Å². The molecule has 0 aromatic carbocycles. The van der Waals surface area contributed by atoms with Crippen LogP contribution in [0.5, 0.6) is 0 Å². The van der Waals surface area contributed by atoms with E-state index >= 15 is 0 Å². The smallest absolute Gasteiger partial charge is 0.236 e. The number of aromatic nitrogens is 1. The molecule has 0 bridgehead atoms. The molecule has 6 nitrogen and oxygen atoms in total. The summed E-state index contributed by atoms with van der Waals surface area (Å²) >= 11 is 0. The minimum Gasteiger partial charge on any atom is -0.373 e. The Morgan fingerprint density at radius 2 is 2.17 bits per heavy atom. The first kappa shape index (κ1) is 16.4. The number of amides is 1. The third-order valence-corrected chi connectivity index (χ3v) is 4.45. The number of rotatable bonds is 5. The number of likely N-dealkylation sites (N-methyl/N-ethyl adjacent to an activating group) is 1. The molecular formula is C17H25N3O3. The summed E-state index contributed by atoms with van der Waals surface area (Å²) in [6, 6.07) is 3.94. The first-order valence-corrected chi connectivity index (χ1v) is 8.13. The van der Waals surface area contributed by atoms with Crippen molar-refractivity contribution in [3.8, 4) is 0 Å². The van der Waals surface area contributed by atoms with Crippen LogP contribution in [-0.4, -0.2) is 72.7 Å². The number of ether oxygens (including phenoxy) is 2. The lowest BCUT2D eigenvalue weighted by atomic mass is 9.84. The van der Waals surface area contributed by atoms with E-state index in [0.717, 1.165) is 18.4 Å². The molecule has 0 radical (unpaired) electrons. The Labute approximate surface area is 137 Å². The van der Waals surface area contributed by atoms with Crippen molar-refractivity contribution in [3.05, 3.63) is 30.1 Å². The third-order valence-electron chi connectivity index (χ3n) is 4.45. The maximum atomic E-state index is 12.0. The SMILES string of the molecule is CN(C)CC(=O)N1CC2(C[C@H](OCc3ccncc3)CCO2)C1. The highest BCUT2D eigenvalue weighted by molar-refractivity contribution is 5.79. The molecule has 1 aromatic heterocycles. The van der Waals surface area contributed by atoms with E-state index in [4.69, 9.17) is 9.47 Å². The lowest BCUT2D eigenvalue weighted by molar-refractivity contribution is -0.202. The Morgan fingerprint density at radius 3 is 2.87 bits per heavy atom. The average Bonchev–Trinajstić information content (AvgIpc) is 2.51. The highest BCUT2D eigenvalue weighted by Gasteiger charge is 2.49. The minimum atomic E-state index is -0.191. The van der Waals surface area contributed by atoms with Crippen molar-refractivity contribution in [1.82, 2.24) is 14.8 Å². The Hall–Kier alpha value is -1.50. The van der Waals surface area contributed by atoms with E-state index in [1.807, 2.05) is 36.0 Å². The van der Waals surface area contributed by atoms with Gasteiger partial charge in [-0.15, -0.1) is 0 Å².